The van der Waals surface area contributed by atoms with Crippen molar-refractivity contribution in [2.75, 3.05) is 13.0 Å². The van der Waals surface area contributed by atoms with E-state index in [1.807, 2.05) is 31.2 Å². The lowest BCUT2D eigenvalue weighted by Gasteiger charge is -2.05. The van der Waals surface area contributed by atoms with Crippen LogP contribution in [0.3, 0.4) is 0 Å². The topological polar surface area (TPSA) is 105 Å². The summed E-state index contributed by atoms with van der Waals surface area (Å²) < 4.78 is 12.3. The van der Waals surface area contributed by atoms with Gasteiger partial charge in [-0.1, -0.05) is 11.8 Å². The zero-order valence-corrected chi connectivity index (χ0v) is 13.7. The number of ether oxygens (including phenoxy) is 1. The zero-order valence-electron chi connectivity index (χ0n) is 12.9. The first-order valence-electron chi connectivity index (χ1n) is 6.90. The minimum Gasteiger partial charge on any atom is -0.497 e. The van der Waals surface area contributed by atoms with Crippen molar-refractivity contribution in [1.82, 2.24) is 25.1 Å². The second kappa shape index (κ2) is 6.29. The van der Waals surface area contributed by atoms with Crippen LogP contribution in [0.25, 0.3) is 11.5 Å². The zero-order chi connectivity index (χ0) is 16.4. The van der Waals surface area contributed by atoms with Gasteiger partial charge in [0.15, 0.2) is 0 Å². The third-order valence-corrected chi connectivity index (χ3v) is 4.29. The van der Waals surface area contributed by atoms with E-state index in [0.717, 1.165) is 11.3 Å². The molecule has 0 spiro atoms. The molecule has 0 amide bonds. The van der Waals surface area contributed by atoms with Gasteiger partial charge in [0.25, 0.3) is 0 Å². The van der Waals surface area contributed by atoms with Crippen molar-refractivity contribution < 1.29 is 9.15 Å². The molecule has 0 aliphatic heterocycles. The van der Waals surface area contributed by atoms with E-state index in [0.29, 0.717) is 22.8 Å². The van der Waals surface area contributed by atoms with Gasteiger partial charge in [-0.05, 0) is 38.1 Å². The number of methoxy groups -OCH3 is 1. The summed E-state index contributed by atoms with van der Waals surface area (Å²) in [6.07, 6.45) is 0. The fraction of sp³-hybridized carbons (Fsp3) is 0.286. The highest BCUT2D eigenvalue weighted by molar-refractivity contribution is 7.99. The van der Waals surface area contributed by atoms with Crippen molar-refractivity contribution in [3.63, 3.8) is 0 Å². The average Bonchev–Trinajstić information content (AvgIpc) is 3.18. The van der Waals surface area contributed by atoms with Gasteiger partial charge in [-0.15, -0.1) is 20.4 Å². The van der Waals surface area contributed by atoms with Crippen molar-refractivity contribution in [3.8, 4) is 17.2 Å². The third-order valence-electron chi connectivity index (χ3n) is 3.24. The number of benzene rings is 1. The Labute approximate surface area is 137 Å². The summed E-state index contributed by atoms with van der Waals surface area (Å²) in [6.45, 7) is 3.73. The molecule has 3 rings (SSSR count). The first-order valence-corrected chi connectivity index (χ1v) is 7.78. The van der Waals surface area contributed by atoms with Crippen LogP contribution >= 0.6 is 11.8 Å². The highest BCUT2D eigenvalue weighted by atomic mass is 32.2. The van der Waals surface area contributed by atoms with Crippen LogP contribution < -0.4 is 10.6 Å². The van der Waals surface area contributed by atoms with Crippen molar-refractivity contribution in [1.29, 1.82) is 0 Å². The second-order valence-corrected chi connectivity index (χ2v) is 6.14. The van der Waals surface area contributed by atoms with Gasteiger partial charge < -0.3 is 15.0 Å². The number of aryl methyl sites for hydroxylation is 1. The fourth-order valence-corrected chi connectivity index (χ4v) is 2.73. The number of hydrogen-bond acceptors (Lipinski definition) is 8. The molecule has 0 radical (unpaired) electrons. The summed E-state index contributed by atoms with van der Waals surface area (Å²) in [5.41, 5.74) is 0.833. The van der Waals surface area contributed by atoms with E-state index in [1.54, 1.807) is 14.0 Å². The van der Waals surface area contributed by atoms with E-state index in [4.69, 9.17) is 15.0 Å². The van der Waals surface area contributed by atoms with Crippen LogP contribution in [-0.2, 0) is 0 Å². The maximum atomic E-state index is 5.84. The number of aromatic nitrogens is 5. The SMILES string of the molecule is COc1ccc(-c2nnc([C@H](C)Sc3nnc(C)n3N)o2)cc1. The van der Waals surface area contributed by atoms with Crippen LogP contribution in [-0.4, -0.2) is 32.2 Å². The van der Waals surface area contributed by atoms with Crippen molar-refractivity contribution in [2.45, 2.75) is 24.3 Å². The lowest BCUT2D eigenvalue weighted by Crippen LogP contribution is -2.11. The predicted molar refractivity (Wildman–Crippen MR) is 85.5 cm³/mol. The predicted octanol–water partition coefficient (Wildman–Crippen LogP) is 2.21. The van der Waals surface area contributed by atoms with E-state index in [9.17, 15) is 0 Å². The van der Waals surface area contributed by atoms with Crippen LogP contribution in [0, 0.1) is 6.92 Å². The molecular weight excluding hydrogens is 316 g/mol. The molecule has 120 valence electrons. The quantitative estimate of drug-likeness (QED) is 0.560. The summed E-state index contributed by atoms with van der Waals surface area (Å²) in [5.74, 6) is 8.22. The van der Waals surface area contributed by atoms with Gasteiger partial charge in [-0.3, -0.25) is 0 Å². The Hall–Kier alpha value is -2.55. The van der Waals surface area contributed by atoms with Crippen molar-refractivity contribution >= 4 is 11.8 Å². The maximum absolute atomic E-state index is 5.84. The summed E-state index contributed by atoms with van der Waals surface area (Å²) in [6, 6.07) is 7.43. The number of rotatable bonds is 5. The molecule has 9 heteroatoms. The highest BCUT2D eigenvalue weighted by Gasteiger charge is 2.19. The lowest BCUT2D eigenvalue weighted by atomic mass is 10.2. The first-order chi connectivity index (χ1) is 11.1. The van der Waals surface area contributed by atoms with Crippen LogP contribution in [0.15, 0.2) is 33.8 Å². The van der Waals surface area contributed by atoms with Crippen LogP contribution in [0.2, 0.25) is 0 Å². The minimum absolute atomic E-state index is 0.0969. The fourth-order valence-electron chi connectivity index (χ4n) is 1.89. The number of nitrogens with two attached hydrogens (primary N) is 1. The molecule has 0 unspecified atom stereocenters. The van der Waals surface area contributed by atoms with Gasteiger partial charge in [0.05, 0.1) is 12.4 Å². The molecule has 2 aromatic heterocycles. The summed E-state index contributed by atoms with van der Waals surface area (Å²) in [4.78, 5) is 0. The molecule has 3 aromatic rings. The Balaban J connectivity index is 1.76. The Morgan fingerprint density at radius 3 is 2.52 bits per heavy atom. The molecule has 23 heavy (non-hydrogen) atoms. The van der Waals surface area contributed by atoms with Crippen molar-refractivity contribution in [3.05, 3.63) is 36.0 Å². The lowest BCUT2D eigenvalue weighted by molar-refractivity contribution is 0.415. The van der Waals surface area contributed by atoms with E-state index < -0.39 is 0 Å². The molecule has 0 saturated carbocycles. The summed E-state index contributed by atoms with van der Waals surface area (Å²) in [5, 5.41) is 16.6. The Morgan fingerprint density at radius 2 is 1.91 bits per heavy atom. The largest absolute Gasteiger partial charge is 0.497 e. The molecule has 1 aromatic carbocycles. The second-order valence-electron chi connectivity index (χ2n) is 4.83. The molecule has 8 nitrogen and oxygen atoms in total. The monoisotopic (exact) mass is 332 g/mol. The minimum atomic E-state index is -0.0969. The molecule has 0 saturated heterocycles. The maximum Gasteiger partial charge on any atom is 0.247 e. The average molecular weight is 332 g/mol. The number of hydrogen-bond donors (Lipinski definition) is 1. The van der Waals surface area contributed by atoms with Gasteiger partial charge >= 0.3 is 0 Å². The molecule has 1 atom stereocenters. The normalized spacial score (nSPS) is 12.3. The van der Waals surface area contributed by atoms with Crippen molar-refractivity contribution in [2.24, 2.45) is 0 Å². The van der Waals surface area contributed by atoms with E-state index >= 15 is 0 Å². The Bertz CT molecular complexity index is 798. The molecule has 0 aliphatic carbocycles. The van der Waals surface area contributed by atoms with Gasteiger partial charge in [0.1, 0.15) is 11.6 Å². The van der Waals surface area contributed by atoms with Crippen LogP contribution in [0.4, 0.5) is 0 Å². The number of nitrogens with zero attached hydrogens (tertiary/aromatic N) is 5. The molecule has 2 N–H and O–H groups in total. The summed E-state index contributed by atoms with van der Waals surface area (Å²) >= 11 is 1.41. The van der Waals surface area contributed by atoms with Crippen LogP contribution in [0.1, 0.15) is 23.9 Å². The van der Waals surface area contributed by atoms with E-state index in [-0.39, 0.29) is 5.25 Å². The van der Waals surface area contributed by atoms with Gasteiger partial charge in [0.2, 0.25) is 16.9 Å². The van der Waals surface area contributed by atoms with Gasteiger partial charge in [-0.25, -0.2) is 4.68 Å². The van der Waals surface area contributed by atoms with Crippen LogP contribution in [0.5, 0.6) is 5.75 Å². The molecular formula is C14H16N6O2S. The smallest absolute Gasteiger partial charge is 0.247 e. The number of nitrogen functional groups attached to an aromatic ring is 1. The summed E-state index contributed by atoms with van der Waals surface area (Å²) in [7, 11) is 1.62. The van der Waals surface area contributed by atoms with E-state index in [1.165, 1.54) is 16.4 Å². The molecule has 2 heterocycles. The van der Waals surface area contributed by atoms with Gasteiger partial charge in [0, 0.05) is 5.56 Å². The Morgan fingerprint density at radius 1 is 1.17 bits per heavy atom. The van der Waals surface area contributed by atoms with E-state index in [2.05, 4.69) is 20.4 Å². The third kappa shape index (κ3) is 3.14. The molecule has 0 aliphatic rings. The first kappa shape index (κ1) is 15.3. The molecule has 0 fully saturated rings. The standard InChI is InChI=1S/C14H16N6O2S/c1-8(23-14-19-16-9(2)20(14)15)12-17-18-13(22-12)10-4-6-11(21-3)7-5-10/h4-8H,15H2,1-3H3/t8-/m0/s1. The highest BCUT2D eigenvalue weighted by Crippen LogP contribution is 2.33. The molecule has 0 bridgehead atoms. The van der Waals surface area contributed by atoms with Gasteiger partial charge in [-0.2, -0.15) is 0 Å². The Kier molecular flexibility index (Phi) is 4.20. The number of thioether (sulfide) groups is 1.